The molecule has 0 aliphatic heterocycles. The van der Waals surface area contributed by atoms with Crippen molar-refractivity contribution in [3.05, 3.63) is 53.1 Å². The Bertz CT molecular complexity index is 1310. The molecule has 4 rings (SSSR count). The predicted octanol–water partition coefficient (Wildman–Crippen LogP) is 3.81. The lowest BCUT2D eigenvalue weighted by molar-refractivity contribution is -0.123. The molecule has 172 valence electrons. The van der Waals surface area contributed by atoms with Gasteiger partial charge in [0, 0.05) is 30.9 Å². The van der Waals surface area contributed by atoms with Crippen molar-refractivity contribution < 1.29 is 18.7 Å². The number of carbonyl (C=O) groups excluding carboxylic acids is 1. The first-order valence-electron chi connectivity index (χ1n) is 10.6. The van der Waals surface area contributed by atoms with E-state index in [0.29, 0.717) is 17.4 Å². The van der Waals surface area contributed by atoms with E-state index in [2.05, 4.69) is 20.4 Å². The third-order valence-corrected chi connectivity index (χ3v) is 5.46. The summed E-state index contributed by atoms with van der Waals surface area (Å²) in [6, 6.07) is 7.19. The fourth-order valence-electron chi connectivity index (χ4n) is 3.80. The molecule has 4 aromatic heterocycles. The highest BCUT2D eigenvalue weighted by Crippen LogP contribution is 2.34. The quantitative estimate of drug-likeness (QED) is 0.457. The van der Waals surface area contributed by atoms with Crippen molar-refractivity contribution in [2.75, 3.05) is 13.7 Å². The Labute approximate surface area is 191 Å². The monoisotopic (exact) mass is 449 g/mol. The van der Waals surface area contributed by atoms with Gasteiger partial charge in [0.05, 0.1) is 18.5 Å². The largest absolute Gasteiger partial charge is 0.481 e. The highest BCUT2D eigenvalue weighted by Gasteiger charge is 2.20. The number of nitrogens with one attached hydrogen (secondary N) is 1. The summed E-state index contributed by atoms with van der Waals surface area (Å²) < 4.78 is 18.2. The number of rotatable bonds is 7. The van der Waals surface area contributed by atoms with Gasteiger partial charge in [-0.05, 0) is 44.9 Å². The van der Waals surface area contributed by atoms with Crippen LogP contribution in [0.3, 0.4) is 0 Å². The predicted molar refractivity (Wildman–Crippen MR) is 123 cm³/mol. The van der Waals surface area contributed by atoms with Gasteiger partial charge in [-0.15, -0.1) is 0 Å². The van der Waals surface area contributed by atoms with Gasteiger partial charge in [-0.2, -0.15) is 10.1 Å². The zero-order valence-electron chi connectivity index (χ0n) is 19.6. The van der Waals surface area contributed by atoms with Crippen LogP contribution in [0.15, 0.2) is 34.9 Å². The van der Waals surface area contributed by atoms with Crippen LogP contribution < -0.4 is 14.8 Å². The second-order valence-electron chi connectivity index (χ2n) is 7.99. The minimum absolute atomic E-state index is 0.156. The zero-order valence-corrected chi connectivity index (χ0v) is 19.6. The Morgan fingerprint density at radius 2 is 2.00 bits per heavy atom. The molecule has 4 aromatic rings. The number of aromatic nitrogens is 4. The zero-order chi connectivity index (χ0) is 23.7. The van der Waals surface area contributed by atoms with E-state index in [4.69, 9.17) is 13.9 Å². The molecule has 1 N–H and O–H groups in total. The van der Waals surface area contributed by atoms with Crippen LogP contribution in [0.4, 0.5) is 0 Å². The summed E-state index contributed by atoms with van der Waals surface area (Å²) >= 11 is 0. The van der Waals surface area contributed by atoms with Crippen LogP contribution in [-0.2, 0) is 11.8 Å². The van der Waals surface area contributed by atoms with Crippen molar-refractivity contribution in [2.45, 2.75) is 33.7 Å². The Kier molecular flexibility index (Phi) is 6.04. The molecular weight excluding hydrogens is 422 g/mol. The number of fused-ring (bicyclic) bond motifs is 1. The SMILES string of the molecule is COc1ccc(C(C)NC(=O)COc2cc(C)c3c(-c4cc(C)oc4C)nn(C)c3n2)cn1. The standard InChI is InChI=1S/C24H27N5O4/c1-13-9-21(32-12-19(30)26-15(3)17-7-8-20(31-6)25-11-17)27-24-22(13)23(28-29(24)5)18-10-14(2)33-16(18)4/h7-11,15H,12H2,1-6H3,(H,26,30). The molecule has 0 saturated heterocycles. The topological polar surface area (TPSA) is 104 Å². The third-order valence-electron chi connectivity index (χ3n) is 5.46. The van der Waals surface area contributed by atoms with E-state index in [1.807, 2.05) is 52.9 Å². The normalized spacial score (nSPS) is 12.1. The first-order valence-corrected chi connectivity index (χ1v) is 10.6. The number of carbonyl (C=O) groups is 1. The van der Waals surface area contributed by atoms with Crippen LogP contribution in [0.2, 0.25) is 0 Å². The second-order valence-corrected chi connectivity index (χ2v) is 7.99. The number of furan rings is 1. The molecule has 33 heavy (non-hydrogen) atoms. The van der Waals surface area contributed by atoms with Crippen LogP contribution in [0.25, 0.3) is 22.3 Å². The summed E-state index contributed by atoms with van der Waals surface area (Å²) in [5.74, 6) is 2.27. The number of nitrogens with zero attached hydrogens (tertiary/aromatic N) is 4. The molecule has 0 bridgehead atoms. The van der Waals surface area contributed by atoms with Crippen LogP contribution in [0, 0.1) is 20.8 Å². The van der Waals surface area contributed by atoms with Gasteiger partial charge in [0.25, 0.3) is 5.91 Å². The van der Waals surface area contributed by atoms with Crippen molar-refractivity contribution >= 4 is 16.9 Å². The smallest absolute Gasteiger partial charge is 0.258 e. The van der Waals surface area contributed by atoms with Crippen molar-refractivity contribution in [1.29, 1.82) is 0 Å². The maximum atomic E-state index is 12.4. The summed E-state index contributed by atoms with van der Waals surface area (Å²) in [6.07, 6.45) is 1.67. The molecule has 9 nitrogen and oxygen atoms in total. The molecule has 1 amide bonds. The van der Waals surface area contributed by atoms with Gasteiger partial charge in [-0.3, -0.25) is 4.79 Å². The summed E-state index contributed by atoms with van der Waals surface area (Å²) in [6.45, 7) is 7.53. The number of amides is 1. The average Bonchev–Trinajstić information content (AvgIpc) is 3.30. The molecule has 0 fully saturated rings. The summed E-state index contributed by atoms with van der Waals surface area (Å²) in [4.78, 5) is 21.2. The Morgan fingerprint density at radius 3 is 2.64 bits per heavy atom. The first-order chi connectivity index (χ1) is 15.8. The van der Waals surface area contributed by atoms with Gasteiger partial charge in [-0.25, -0.2) is 9.67 Å². The van der Waals surface area contributed by atoms with E-state index in [1.54, 1.807) is 24.1 Å². The molecular formula is C24H27N5O4. The molecule has 1 atom stereocenters. The van der Waals surface area contributed by atoms with Crippen molar-refractivity contribution in [3.8, 4) is 23.0 Å². The van der Waals surface area contributed by atoms with Gasteiger partial charge < -0.3 is 19.2 Å². The minimum atomic E-state index is -0.256. The lowest BCUT2D eigenvalue weighted by Crippen LogP contribution is -2.31. The van der Waals surface area contributed by atoms with E-state index in [0.717, 1.165) is 39.3 Å². The third kappa shape index (κ3) is 4.52. The molecule has 1 unspecified atom stereocenters. The minimum Gasteiger partial charge on any atom is -0.481 e. The average molecular weight is 450 g/mol. The maximum absolute atomic E-state index is 12.4. The number of methoxy groups -OCH3 is 1. The maximum Gasteiger partial charge on any atom is 0.258 e. The lowest BCUT2D eigenvalue weighted by atomic mass is 10.1. The van der Waals surface area contributed by atoms with Crippen LogP contribution in [0.1, 0.15) is 35.6 Å². The van der Waals surface area contributed by atoms with Gasteiger partial charge in [-0.1, -0.05) is 6.07 Å². The number of hydrogen-bond acceptors (Lipinski definition) is 7. The van der Waals surface area contributed by atoms with Crippen molar-refractivity contribution in [3.63, 3.8) is 0 Å². The number of aryl methyl sites for hydroxylation is 4. The van der Waals surface area contributed by atoms with E-state index in [-0.39, 0.29) is 18.6 Å². The highest BCUT2D eigenvalue weighted by molar-refractivity contribution is 5.94. The van der Waals surface area contributed by atoms with Gasteiger partial charge in [0.2, 0.25) is 11.8 Å². The fourth-order valence-corrected chi connectivity index (χ4v) is 3.80. The Balaban J connectivity index is 1.48. The van der Waals surface area contributed by atoms with Crippen molar-refractivity contribution in [2.24, 2.45) is 7.05 Å². The van der Waals surface area contributed by atoms with Crippen LogP contribution in [-0.4, -0.2) is 39.4 Å². The number of ether oxygens (including phenoxy) is 2. The van der Waals surface area contributed by atoms with Gasteiger partial charge >= 0.3 is 0 Å². The molecule has 0 aliphatic rings. The molecule has 0 saturated carbocycles. The molecule has 0 radical (unpaired) electrons. The second kappa shape index (κ2) is 8.93. The summed E-state index contributed by atoms with van der Waals surface area (Å²) in [7, 11) is 3.39. The Hall–Kier alpha value is -3.88. The first kappa shape index (κ1) is 22.3. The molecule has 0 aromatic carbocycles. The lowest BCUT2D eigenvalue weighted by Gasteiger charge is -2.14. The van der Waals surface area contributed by atoms with Gasteiger partial charge in [0.15, 0.2) is 12.3 Å². The van der Waals surface area contributed by atoms with Crippen molar-refractivity contribution in [1.82, 2.24) is 25.1 Å². The number of pyridine rings is 2. The van der Waals surface area contributed by atoms with Crippen LogP contribution >= 0.6 is 0 Å². The van der Waals surface area contributed by atoms with Crippen LogP contribution in [0.5, 0.6) is 11.8 Å². The van der Waals surface area contributed by atoms with E-state index in [1.165, 1.54) is 0 Å². The van der Waals surface area contributed by atoms with E-state index >= 15 is 0 Å². The molecule has 0 aliphatic carbocycles. The molecule has 0 spiro atoms. The summed E-state index contributed by atoms with van der Waals surface area (Å²) in [5, 5.41) is 8.49. The fraction of sp³-hybridized carbons (Fsp3) is 0.333. The van der Waals surface area contributed by atoms with Gasteiger partial charge in [0.1, 0.15) is 17.2 Å². The molecule has 9 heteroatoms. The number of hydrogen-bond donors (Lipinski definition) is 1. The highest BCUT2D eigenvalue weighted by atomic mass is 16.5. The van der Waals surface area contributed by atoms with E-state index < -0.39 is 0 Å². The summed E-state index contributed by atoms with van der Waals surface area (Å²) in [5.41, 5.74) is 4.26. The van der Waals surface area contributed by atoms with E-state index in [9.17, 15) is 4.79 Å². The molecule has 4 heterocycles. The Morgan fingerprint density at radius 1 is 1.21 bits per heavy atom.